The number of nitrogens with one attached hydrogen (secondary N) is 4. The Kier molecular flexibility index (Phi) is 64.7. The maximum absolute atomic E-state index is 12.2. The van der Waals surface area contributed by atoms with Gasteiger partial charge in [0.25, 0.3) is 0 Å². The second-order valence-electron chi connectivity index (χ2n) is 15.6. The Labute approximate surface area is 358 Å². The van der Waals surface area contributed by atoms with Gasteiger partial charge >= 0.3 is 0 Å². The van der Waals surface area contributed by atoms with E-state index in [1.54, 1.807) is 4.90 Å². The van der Waals surface area contributed by atoms with Crippen molar-refractivity contribution in [3.05, 3.63) is 0 Å². The maximum Gasteiger partial charge on any atom is 0.222 e. The van der Waals surface area contributed by atoms with Gasteiger partial charge in [-0.1, -0.05) is 134 Å². The van der Waals surface area contributed by atoms with Crippen LogP contribution in [0.1, 0.15) is 167 Å². The van der Waals surface area contributed by atoms with Gasteiger partial charge in [-0.15, -0.1) is 0 Å². The first-order chi connectivity index (χ1) is 27.3. The highest BCUT2D eigenvalue weighted by Gasteiger charge is 2.28. The fourth-order valence-corrected chi connectivity index (χ4v) is 4.40. The predicted octanol–water partition coefficient (Wildman–Crippen LogP) is 7.04. The maximum atomic E-state index is 12.2. The number of Topliss-reactive ketones (excluding diaryl/α,β-unsaturated/α-hetero) is 1. The molecule has 1 fully saturated rings. The lowest BCUT2D eigenvalue weighted by molar-refractivity contribution is -0.133. The molecular weight excluding hydrogens is 737 g/mol. The van der Waals surface area contributed by atoms with E-state index in [1.165, 1.54) is 70.8 Å². The molecule has 1 heterocycles. The summed E-state index contributed by atoms with van der Waals surface area (Å²) < 4.78 is 0. The predicted molar refractivity (Wildman–Crippen MR) is 246 cm³/mol. The van der Waals surface area contributed by atoms with E-state index in [0.717, 1.165) is 18.9 Å². The van der Waals surface area contributed by atoms with Crippen molar-refractivity contribution in [2.45, 2.75) is 179 Å². The molecule has 2 unspecified atom stereocenters. The Morgan fingerprint density at radius 1 is 0.810 bits per heavy atom. The van der Waals surface area contributed by atoms with Crippen molar-refractivity contribution in [3.8, 4) is 0 Å². The topological polar surface area (TPSA) is 174 Å². The highest BCUT2D eigenvalue weighted by molar-refractivity contribution is 6.26. The minimum Gasteiger partial charge on any atom is -0.352 e. The van der Waals surface area contributed by atoms with Gasteiger partial charge in [0, 0.05) is 38.5 Å². The lowest BCUT2D eigenvalue weighted by Gasteiger charge is -2.34. The molecule has 348 valence electrons. The van der Waals surface area contributed by atoms with Gasteiger partial charge < -0.3 is 40.7 Å². The first kappa shape index (κ1) is 69.6. The van der Waals surface area contributed by atoms with Crippen LogP contribution in [-0.4, -0.2) is 126 Å². The number of unbranched alkanes of at least 4 members (excludes halogenated alkanes) is 6. The molecule has 13 nitrogen and oxygen atoms in total. The van der Waals surface area contributed by atoms with E-state index < -0.39 is 5.78 Å². The number of amides is 3. The van der Waals surface area contributed by atoms with Crippen LogP contribution in [0, 0.1) is 10.8 Å². The minimum atomic E-state index is -0.628. The summed E-state index contributed by atoms with van der Waals surface area (Å²) in [6.07, 6.45) is 17.4. The molecule has 0 aromatic rings. The number of likely N-dealkylation sites (tertiary alicyclic amines) is 1. The lowest BCUT2D eigenvalue weighted by Crippen LogP contribution is -2.48. The third-order valence-electron chi connectivity index (χ3n) is 8.26. The Morgan fingerprint density at radius 3 is 1.53 bits per heavy atom. The zero-order chi connectivity index (χ0) is 46.8. The zero-order valence-corrected chi connectivity index (χ0v) is 40.8. The van der Waals surface area contributed by atoms with Gasteiger partial charge in [0.1, 0.15) is 12.6 Å². The summed E-state index contributed by atoms with van der Waals surface area (Å²) in [5, 5.41) is 10.4. The molecule has 1 aliphatic rings. The summed E-state index contributed by atoms with van der Waals surface area (Å²) in [6.45, 7) is 30.5. The summed E-state index contributed by atoms with van der Waals surface area (Å²) in [5.74, 6) is -0.534. The van der Waals surface area contributed by atoms with Crippen LogP contribution in [0.25, 0.3) is 0 Å². The lowest BCUT2D eigenvalue weighted by atomic mass is 9.84. The normalized spacial score (nSPS) is 12.9. The SMILES string of the molecule is CC.CC1CCCN1C.CCC.CCCCCCCCC.CCNC.CNC(CN(C)C(=O)CC(C)(C)CC=O)C(C)(C)C.O=CCNC=O.O=CNCC(=O)C=O. The molecule has 3 amide bonds. The van der Waals surface area contributed by atoms with Crippen LogP contribution in [0.15, 0.2) is 0 Å². The smallest absolute Gasteiger partial charge is 0.222 e. The summed E-state index contributed by atoms with van der Waals surface area (Å²) in [4.78, 5) is 74.5. The van der Waals surface area contributed by atoms with E-state index in [2.05, 4.69) is 90.2 Å². The summed E-state index contributed by atoms with van der Waals surface area (Å²) >= 11 is 0. The third-order valence-corrected chi connectivity index (χ3v) is 8.26. The monoisotopic (exact) mass is 833 g/mol. The molecule has 2 atom stereocenters. The van der Waals surface area contributed by atoms with Gasteiger partial charge in [0.15, 0.2) is 6.29 Å². The molecular formula is C45H96N6O7. The molecule has 1 rings (SSSR count). The molecule has 1 saturated heterocycles. The molecule has 0 aromatic heterocycles. The number of carbonyl (C=O) groups excluding carboxylic acids is 7. The third kappa shape index (κ3) is 62.2. The van der Waals surface area contributed by atoms with Gasteiger partial charge in [-0.25, -0.2) is 0 Å². The molecule has 0 bridgehead atoms. The van der Waals surface area contributed by atoms with Crippen molar-refractivity contribution in [1.29, 1.82) is 0 Å². The van der Waals surface area contributed by atoms with E-state index in [0.29, 0.717) is 38.5 Å². The second-order valence-corrected chi connectivity index (χ2v) is 15.6. The van der Waals surface area contributed by atoms with E-state index in [4.69, 9.17) is 0 Å². The second kappa shape index (κ2) is 54.0. The number of ketones is 1. The fraction of sp³-hybridized carbons (Fsp3) is 0.844. The van der Waals surface area contributed by atoms with Crippen LogP contribution in [0.3, 0.4) is 0 Å². The Bertz CT molecular complexity index is 890. The van der Waals surface area contributed by atoms with E-state index in [-0.39, 0.29) is 42.2 Å². The molecule has 0 aliphatic carbocycles. The standard InChI is InChI=1S/C15H30N2O2.C9H20.C6H13N.C4H5NO3.C3H5NO2.C3H9N.C3H8.C2H6/c1-14(2,3)12(16-6)11-17(7)13(19)10-15(4,5)8-9-18;1-3-5-7-9-8-6-4-2;1-6-4-3-5-7(6)2;6-2-4(8)1-5-3-7;5-2-1-4-3-6;1-3-4-2;1-3-2;1-2/h9,12,16H,8,10-11H2,1-7H3;3-9H2,1-2H3;6H,3-5H2,1-2H3;2-3H,1H2,(H,5,7);2-3H,1H2,(H,4,6);4H,3H2,1-2H3;3H2,1-2H3;1-2H3. The molecule has 1 aliphatic heterocycles. The summed E-state index contributed by atoms with van der Waals surface area (Å²) in [6, 6.07) is 1.09. The van der Waals surface area contributed by atoms with Gasteiger partial charge in [0.05, 0.1) is 13.1 Å². The molecule has 58 heavy (non-hydrogen) atoms. The number of rotatable bonds is 21. The van der Waals surface area contributed by atoms with E-state index in [9.17, 15) is 33.6 Å². The number of nitrogens with zero attached hydrogens (tertiary/aromatic N) is 2. The molecule has 0 radical (unpaired) electrons. The van der Waals surface area contributed by atoms with Crippen LogP contribution in [0.4, 0.5) is 0 Å². The number of aldehydes is 3. The largest absolute Gasteiger partial charge is 0.352 e. The first-order valence-electron chi connectivity index (χ1n) is 21.8. The summed E-state index contributed by atoms with van der Waals surface area (Å²) in [5.41, 5.74) is -0.161. The molecule has 0 saturated carbocycles. The Hall–Kier alpha value is -3.03. The molecule has 13 heteroatoms. The van der Waals surface area contributed by atoms with E-state index in [1.807, 2.05) is 54.2 Å². The van der Waals surface area contributed by atoms with Crippen molar-refractivity contribution in [2.24, 2.45) is 10.8 Å². The number of likely N-dealkylation sites (N-methyl/N-ethyl adjacent to an activating group) is 2. The quantitative estimate of drug-likeness (QED) is 0.0534. The summed E-state index contributed by atoms with van der Waals surface area (Å²) in [7, 11) is 7.87. The van der Waals surface area contributed by atoms with Crippen LogP contribution in [0.5, 0.6) is 0 Å². The molecule has 4 N–H and O–H groups in total. The Morgan fingerprint density at radius 2 is 1.28 bits per heavy atom. The minimum absolute atomic E-state index is 0.0938. The molecule has 0 spiro atoms. The highest BCUT2D eigenvalue weighted by Crippen LogP contribution is 2.25. The number of hydrogen-bond acceptors (Lipinski definition) is 10. The highest BCUT2D eigenvalue weighted by atomic mass is 16.2. The Balaban J connectivity index is -0.000000113. The van der Waals surface area contributed by atoms with Crippen molar-refractivity contribution in [3.63, 3.8) is 0 Å². The molecule has 0 aromatic carbocycles. The van der Waals surface area contributed by atoms with Crippen LogP contribution < -0.4 is 21.3 Å². The van der Waals surface area contributed by atoms with Crippen molar-refractivity contribution in [1.82, 2.24) is 31.1 Å². The van der Waals surface area contributed by atoms with Gasteiger partial charge in [0.2, 0.25) is 24.5 Å². The van der Waals surface area contributed by atoms with Gasteiger partial charge in [-0.3, -0.25) is 24.0 Å². The number of carbonyl (C=O) groups is 7. The van der Waals surface area contributed by atoms with Crippen molar-refractivity contribution >= 4 is 43.4 Å². The van der Waals surface area contributed by atoms with Crippen molar-refractivity contribution in [2.75, 3.05) is 60.9 Å². The van der Waals surface area contributed by atoms with Crippen LogP contribution in [0.2, 0.25) is 0 Å². The fourth-order valence-electron chi connectivity index (χ4n) is 4.40. The average Bonchev–Trinajstić information content (AvgIpc) is 3.57. The van der Waals surface area contributed by atoms with Gasteiger partial charge in [-0.05, 0) is 64.8 Å². The number of hydrogen-bond donors (Lipinski definition) is 4. The van der Waals surface area contributed by atoms with Crippen LogP contribution in [-0.2, 0) is 33.6 Å². The first-order valence-corrected chi connectivity index (χ1v) is 21.8. The van der Waals surface area contributed by atoms with E-state index >= 15 is 0 Å². The van der Waals surface area contributed by atoms with Gasteiger partial charge in [-0.2, -0.15) is 0 Å². The van der Waals surface area contributed by atoms with Crippen molar-refractivity contribution < 1.29 is 33.6 Å². The zero-order valence-electron chi connectivity index (χ0n) is 40.8. The van der Waals surface area contributed by atoms with Crippen LogP contribution >= 0.6 is 0 Å². The average molecular weight is 833 g/mol.